The van der Waals surface area contributed by atoms with Gasteiger partial charge in [-0.25, -0.2) is 26.7 Å². The third-order valence-corrected chi connectivity index (χ3v) is 4.86. The zero-order valence-electron chi connectivity index (χ0n) is 10.3. The summed E-state index contributed by atoms with van der Waals surface area (Å²) in [5, 5.41) is 13.7. The molecule has 1 atom stereocenters. The van der Waals surface area contributed by atoms with Crippen molar-refractivity contribution in [3.8, 4) is 0 Å². The normalized spacial score (nSPS) is 14.3. The minimum absolute atomic E-state index is 0.152. The highest BCUT2D eigenvalue weighted by molar-refractivity contribution is 7.90. The first-order chi connectivity index (χ1) is 8.66. The van der Waals surface area contributed by atoms with Gasteiger partial charge < -0.3 is 5.11 Å². The number of aliphatic hydroxyl groups is 1. The van der Waals surface area contributed by atoms with E-state index in [0.29, 0.717) is 0 Å². The van der Waals surface area contributed by atoms with Crippen molar-refractivity contribution in [3.63, 3.8) is 0 Å². The van der Waals surface area contributed by atoms with Crippen LogP contribution in [0.15, 0.2) is 34.1 Å². The molecule has 1 aromatic rings. The fourth-order valence-corrected chi connectivity index (χ4v) is 3.36. The number of aliphatic hydroxyl groups excluding tert-OH is 1. The van der Waals surface area contributed by atoms with E-state index < -0.39 is 26.1 Å². The molecule has 4 N–H and O–H groups in total. The minimum atomic E-state index is -3.96. The quantitative estimate of drug-likeness (QED) is 0.645. The van der Waals surface area contributed by atoms with Gasteiger partial charge in [0.2, 0.25) is 20.0 Å². The molecule has 0 fully saturated rings. The second kappa shape index (κ2) is 5.97. The number of hydrogen-bond donors (Lipinski definition) is 3. The Kier molecular flexibility index (Phi) is 5.04. The van der Waals surface area contributed by atoms with E-state index in [2.05, 4.69) is 4.72 Å². The Labute approximate surface area is 112 Å². The van der Waals surface area contributed by atoms with Crippen LogP contribution in [0.2, 0.25) is 0 Å². The van der Waals surface area contributed by atoms with Crippen LogP contribution in [0.4, 0.5) is 0 Å². The number of benzene rings is 1. The number of rotatable bonds is 6. The van der Waals surface area contributed by atoms with Gasteiger partial charge in [0.1, 0.15) is 0 Å². The summed E-state index contributed by atoms with van der Waals surface area (Å²) < 4.78 is 48.6. The summed E-state index contributed by atoms with van der Waals surface area (Å²) in [4.78, 5) is -0.464. The predicted octanol–water partition coefficient (Wildman–Crippen LogP) is -0.617. The molecule has 0 aliphatic rings. The molecule has 9 heteroatoms. The molecule has 0 aliphatic heterocycles. The van der Waals surface area contributed by atoms with Crippen LogP contribution in [-0.4, -0.2) is 34.6 Å². The molecular weight excluding hydrogens is 292 g/mol. The molecule has 0 saturated carbocycles. The van der Waals surface area contributed by atoms with E-state index in [1.165, 1.54) is 18.2 Å². The first-order valence-corrected chi connectivity index (χ1v) is 8.46. The van der Waals surface area contributed by atoms with Crippen molar-refractivity contribution in [1.29, 1.82) is 0 Å². The fraction of sp³-hybridized carbons (Fsp3) is 0.400. The van der Waals surface area contributed by atoms with E-state index in [4.69, 9.17) is 10.2 Å². The van der Waals surface area contributed by atoms with Crippen molar-refractivity contribution in [2.45, 2.75) is 29.2 Å². The summed E-state index contributed by atoms with van der Waals surface area (Å²) in [6, 6.07) is 4.30. The number of hydrogen-bond acceptors (Lipinski definition) is 5. The number of nitrogens with one attached hydrogen (secondary N) is 1. The van der Waals surface area contributed by atoms with E-state index in [-0.39, 0.29) is 22.8 Å². The number of primary sulfonamides is 1. The van der Waals surface area contributed by atoms with Gasteiger partial charge in [-0.05, 0) is 31.5 Å². The Balaban J connectivity index is 3.09. The third-order valence-electron chi connectivity index (χ3n) is 2.36. The molecule has 1 aromatic carbocycles. The first kappa shape index (κ1) is 16.1. The first-order valence-electron chi connectivity index (χ1n) is 5.43. The molecule has 7 nitrogen and oxygen atoms in total. The number of sulfonamides is 2. The smallest absolute Gasteiger partial charge is 0.240 e. The van der Waals surface area contributed by atoms with Gasteiger partial charge in [0.25, 0.3) is 0 Å². The highest BCUT2D eigenvalue weighted by Gasteiger charge is 2.19. The summed E-state index contributed by atoms with van der Waals surface area (Å²) in [6.07, 6.45) is 0.258. The molecule has 0 radical (unpaired) electrons. The molecule has 0 saturated heterocycles. The lowest BCUT2D eigenvalue weighted by atomic mass is 10.3. The zero-order chi connectivity index (χ0) is 14.7. The van der Waals surface area contributed by atoms with Crippen molar-refractivity contribution in [2.24, 2.45) is 5.14 Å². The van der Waals surface area contributed by atoms with Gasteiger partial charge in [0.05, 0.1) is 9.79 Å². The highest BCUT2D eigenvalue weighted by atomic mass is 32.2. The highest BCUT2D eigenvalue weighted by Crippen LogP contribution is 2.15. The van der Waals surface area contributed by atoms with Crippen LogP contribution in [0.3, 0.4) is 0 Å². The van der Waals surface area contributed by atoms with Crippen molar-refractivity contribution in [3.05, 3.63) is 24.3 Å². The van der Waals surface area contributed by atoms with Gasteiger partial charge >= 0.3 is 0 Å². The van der Waals surface area contributed by atoms with Crippen molar-refractivity contribution >= 4 is 20.0 Å². The summed E-state index contributed by atoms with van der Waals surface area (Å²) in [6.45, 7) is 1.44. The minimum Gasteiger partial charge on any atom is -0.396 e. The van der Waals surface area contributed by atoms with Crippen LogP contribution in [0, 0.1) is 0 Å². The predicted molar refractivity (Wildman–Crippen MR) is 69.3 cm³/mol. The Morgan fingerprint density at radius 2 is 1.84 bits per heavy atom. The van der Waals surface area contributed by atoms with Crippen LogP contribution < -0.4 is 9.86 Å². The van der Waals surface area contributed by atoms with Crippen molar-refractivity contribution in [2.75, 3.05) is 6.61 Å². The molecule has 0 bridgehead atoms. The van der Waals surface area contributed by atoms with Crippen LogP contribution in [0.25, 0.3) is 0 Å². The number of nitrogens with two attached hydrogens (primary N) is 1. The monoisotopic (exact) mass is 308 g/mol. The van der Waals surface area contributed by atoms with Crippen LogP contribution in [-0.2, 0) is 20.0 Å². The fourth-order valence-electron chi connectivity index (χ4n) is 1.40. The topological polar surface area (TPSA) is 127 Å². The zero-order valence-corrected chi connectivity index (χ0v) is 11.9. The molecule has 0 heterocycles. The SMILES string of the molecule is CC(CCO)NS(=O)(=O)c1cccc(S(N)(=O)=O)c1. The van der Waals surface area contributed by atoms with Gasteiger partial charge in [-0.1, -0.05) is 6.07 Å². The van der Waals surface area contributed by atoms with E-state index in [0.717, 1.165) is 6.07 Å². The van der Waals surface area contributed by atoms with E-state index in [1.54, 1.807) is 6.92 Å². The average molecular weight is 308 g/mol. The summed E-state index contributed by atoms with van der Waals surface area (Å²) >= 11 is 0. The van der Waals surface area contributed by atoms with E-state index in [9.17, 15) is 16.8 Å². The lowest BCUT2D eigenvalue weighted by molar-refractivity contribution is 0.275. The Morgan fingerprint density at radius 3 is 2.37 bits per heavy atom. The molecule has 19 heavy (non-hydrogen) atoms. The molecule has 1 rings (SSSR count). The van der Waals surface area contributed by atoms with Crippen LogP contribution in [0.1, 0.15) is 13.3 Å². The van der Waals surface area contributed by atoms with Crippen molar-refractivity contribution < 1.29 is 21.9 Å². The van der Waals surface area contributed by atoms with Gasteiger partial charge in [-0.3, -0.25) is 0 Å². The van der Waals surface area contributed by atoms with Gasteiger partial charge in [0, 0.05) is 12.6 Å². The maximum absolute atomic E-state index is 12.0. The maximum atomic E-state index is 12.0. The van der Waals surface area contributed by atoms with E-state index >= 15 is 0 Å². The van der Waals surface area contributed by atoms with Gasteiger partial charge in [0.15, 0.2) is 0 Å². The maximum Gasteiger partial charge on any atom is 0.240 e. The second-order valence-electron chi connectivity index (χ2n) is 4.05. The average Bonchev–Trinajstić information content (AvgIpc) is 2.27. The summed E-state index contributed by atoms with van der Waals surface area (Å²) in [5.41, 5.74) is 0. The van der Waals surface area contributed by atoms with Crippen LogP contribution >= 0.6 is 0 Å². The lowest BCUT2D eigenvalue weighted by Crippen LogP contribution is -2.33. The summed E-state index contributed by atoms with van der Waals surface area (Å²) in [5.74, 6) is 0. The van der Waals surface area contributed by atoms with Gasteiger partial charge in [-0.2, -0.15) is 0 Å². The Bertz CT molecular complexity index is 640. The van der Waals surface area contributed by atoms with Crippen molar-refractivity contribution in [1.82, 2.24) is 4.72 Å². The largest absolute Gasteiger partial charge is 0.396 e. The Hall–Kier alpha value is -1.00. The molecular formula is C10H16N2O5S2. The molecule has 0 aromatic heterocycles. The molecule has 0 amide bonds. The van der Waals surface area contributed by atoms with Gasteiger partial charge in [-0.15, -0.1) is 0 Å². The summed E-state index contributed by atoms with van der Waals surface area (Å²) in [7, 11) is -7.80. The molecule has 108 valence electrons. The molecule has 1 unspecified atom stereocenters. The molecule has 0 aliphatic carbocycles. The standard InChI is InChI=1S/C10H16N2O5S2/c1-8(5-6-13)12-19(16,17)10-4-2-3-9(7-10)18(11,14)15/h2-4,7-8,12-13H,5-6H2,1H3,(H2,11,14,15). The Morgan fingerprint density at radius 1 is 1.26 bits per heavy atom. The van der Waals surface area contributed by atoms with Crippen LogP contribution in [0.5, 0.6) is 0 Å². The third kappa shape index (κ3) is 4.55. The second-order valence-corrected chi connectivity index (χ2v) is 7.33. The van der Waals surface area contributed by atoms with E-state index in [1.807, 2.05) is 0 Å². The molecule has 0 spiro atoms. The lowest BCUT2D eigenvalue weighted by Gasteiger charge is -2.13.